The van der Waals surface area contributed by atoms with Gasteiger partial charge in [0.2, 0.25) is 0 Å². The molecule has 2 N–H and O–H groups in total. The first-order valence-corrected chi connectivity index (χ1v) is 6.19. The van der Waals surface area contributed by atoms with Crippen LogP contribution in [-0.2, 0) is 11.3 Å². The molecule has 1 heterocycles. The van der Waals surface area contributed by atoms with Gasteiger partial charge < -0.3 is 15.4 Å². The number of ether oxygens (including phenoxy) is 1. The van der Waals surface area contributed by atoms with E-state index in [0.717, 1.165) is 0 Å². The van der Waals surface area contributed by atoms with E-state index in [0.29, 0.717) is 5.56 Å². The maximum Gasteiger partial charge on any atom is 0.412 e. The van der Waals surface area contributed by atoms with Gasteiger partial charge in [0.15, 0.2) is 5.54 Å². The van der Waals surface area contributed by atoms with Gasteiger partial charge in [-0.1, -0.05) is 30.3 Å². The van der Waals surface area contributed by atoms with E-state index >= 15 is 0 Å². The maximum absolute atomic E-state index is 13.0. The molecule has 0 saturated carbocycles. The van der Waals surface area contributed by atoms with Gasteiger partial charge in [0.25, 0.3) is 0 Å². The zero-order valence-corrected chi connectivity index (χ0v) is 10.7. The summed E-state index contributed by atoms with van der Waals surface area (Å²) >= 11 is 0. The number of rotatable bonds is 3. The monoisotopic (exact) mass is 288 g/mol. The largest absolute Gasteiger partial charge is 0.445 e. The highest BCUT2D eigenvalue weighted by Gasteiger charge is 2.57. The number of nitrogens with one attached hydrogen (secondary N) is 2. The van der Waals surface area contributed by atoms with Crippen LogP contribution in [0.5, 0.6) is 0 Å². The first kappa shape index (κ1) is 14.6. The summed E-state index contributed by atoms with van der Waals surface area (Å²) in [5.41, 5.74) is -1.52. The second-order valence-electron chi connectivity index (χ2n) is 4.69. The van der Waals surface area contributed by atoms with Gasteiger partial charge in [-0.2, -0.15) is 13.2 Å². The van der Waals surface area contributed by atoms with Crippen molar-refractivity contribution >= 4 is 6.09 Å². The summed E-state index contributed by atoms with van der Waals surface area (Å²) in [7, 11) is 0. The van der Waals surface area contributed by atoms with Crippen LogP contribution in [0.1, 0.15) is 12.0 Å². The van der Waals surface area contributed by atoms with Crippen molar-refractivity contribution in [3.63, 3.8) is 0 Å². The Hall–Kier alpha value is -1.76. The highest BCUT2D eigenvalue weighted by molar-refractivity contribution is 5.68. The molecule has 1 aromatic carbocycles. The van der Waals surface area contributed by atoms with E-state index in [9.17, 15) is 18.0 Å². The van der Waals surface area contributed by atoms with E-state index in [4.69, 9.17) is 4.74 Å². The average Bonchev–Trinajstić information content (AvgIpc) is 2.87. The Morgan fingerprint density at radius 3 is 2.60 bits per heavy atom. The number of benzene rings is 1. The predicted molar refractivity (Wildman–Crippen MR) is 66.0 cm³/mol. The minimum Gasteiger partial charge on any atom is -0.445 e. The molecule has 0 aliphatic carbocycles. The van der Waals surface area contributed by atoms with Gasteiger partial charge >= 0.3 is 12.3 Å². The average molecular weight is 288 g/mol. The molecule has 2 rings (SSSR count). The summed E-state index contributed by atoms with van der Waals surface area (Å²) < 4.78 is 43.9. The van der Waals surface area contributed by atoms with Gasteiger partial charge in [0, 0.05) is 6.54 Å². The number of hydrogen-bond acceptors (Lipinski definition) is 3. The Morgan fingerprint density at radius 2 is 2.05 bits per heavy atom. The van der Waals surface area contributed by atoms with Crippen LogP contribution in [-0.4, -0.2) is 30.9 Å². The number of amides is 1. The van der Waals surface area contributed by atoms with E-state index in [-0.39, 0.29) is 26.1 Å². The Morgan fingerprint density at radius 1 is 1.35 bits per heavy atom. The first-order valence-electron chi connectivity index (χ1n) is 6.19. The molecule has 0 spiro atoms. The SMILES string of the molecule is O=C(N[C@@]1(C(F)(F)F)CCNC1)OCc1ccccc1. The maximum atomic E-state index is 13.0. The van der Waals surface area contributed by atoms with Crippen molar-refractivity contribution in [2.75, 3.05) is 13.1 Å². The minimum atomic E-state index is -4.51. The number of halogens is 3. The quantitative estimate of drug-likeness (QED) is 0.896. The molecule has 1 amide bonds. The van der Waals surface area contributed by atoms with E-state index < -0.39 is 17.8 Å². The molecule has 1 aliphatic heterocycles. The molecule has 1 aliphatic rings. The molecule has 0 bridgehead atoms. The lowest BCUT2D eigenvalue weighted by Crippen LogP contribution is -2.60. The van der Waals surface area contributed by atoms with Crippen LogP contribution >= 0.6 is 0 Å². The number of alkyl halides is 3. The van der Waals surface area contributed by atoms with Crippen molar-refractivity contribution in [1.82, 2.24) is 10.6 Å². The van der Waals surface area contributed by atoms with E-state index in [1.165, 1.54) is 0 Å². The van der Waals surface area contributed by atoms with Gasteiger partial charge in [-0.05, 0) is 18.5 Å². The summed E-state index contributed by atoms with van der Waals surface area (Å²) in [6.07, 6.45) is -5.77. The Balaban J connectivity index is 1.93. The van der Waals surface area contributed by atoms with Gasteiger partial charge in [-0.15, -0.1) is 0 Å². The molecular weight excluding hydrogens is 273 g/mol. The number of carbonyl (C=O) groups is 1. The molecule has 7 heteroatoms. The van der Waals surface area contributed by atoms with Gasteiger partial charge in [0.05, 0.1) is 0 Å². The molecule has 0 aromatic heterocycles. The number of carbonyl (C=O) groups excluding carboxylic acids is 1. The lowest BCUT2D eigenvalue weighted by molar-refractivity contribution is -0.188. The van der Waals surface area contributed by atoms with Crippen LogP contribution in [0, 0.1) is 0 Å². The molecular formula is C13H15F3N2O2. The standard InChI is InChI=1S/C13H15F3N2O2/c14-13(15,16)12(6-7-17-9-12)18-11(19)20-8-10-4-2-1-3-5-10/h1-5,17H,6-9H2,(H,18,19)/t12-/m0/s1. The van der Waals surface area contributed by atoms with Gasteiger partial charge in [0.1, 0.15) is 6.61 Å². The third kappa shape index (κ3) is 3.22. The number of alkyl carbamates (subject to hydrolysis) is 1. The van der Waals surface area contributed by atoms with E-state index in [1.54, 1.807) is 30.3 Å². The summed E-state index contributed by atoms with van der Waals surface area (Å²) in [5, 5.41) is 4.56. The van der Waals surface area contributed by atoms with Crippen molar-refractivity contribution in [2.24, 2.45) is 0 Å². The van der Waals surface area contributed by atoms with Gasteiger partial charge in [-0.25, -0.2) is 4.79 Å². The fourth-order valence-electron chi connectivity index (χ4n) is 2.07. The smallest absolute Gasteiger partial charge is 0.412 e. The zero-order chi connectivity index (χ0) is 14.6. The van der Waals surface area contributed by atoms with Crippen molar-refractivity contribution in [1.29, 1.82) is 0 Å². The number of hydrogen-bond donors (Lipinski definition) is 2. The van der Waals surface area contributed by atoms with Crippen molar-refractivity contribution < 1.29 is 22.7 Å². The molecule has 0 radical (unpaired) electrons. The second-order valence-corrected chi connectivity index (χ2v) is 4.69. The molecule has 4 nitrogen and oxygen atoms in total. The summed E-state index contributed by atoms with van der Waals surface area (Å²) in [5.74, 6) is 0. The first-order chi connectivity index (χ1) is 9.43. The van der Waals surface area contributed by atoms with Crippen molar-refractivity contribution in [3.8, 4) is 0 Å². The van der Waals surface area contributed by atoms with Crippen molar-refractivity contribution in [3.05, 3.63) is 35.9 Å². The van der Waals surface area contributed by atoms with Crippen LogP contribution in [0.15, 0.2) is 30.3 Å². The third-order valence-corrected chi connectivity index (χ3v) is 3.25. The molecule has 1 fully saturated rings. The molecule has 1 atom stereocenters. The summed E-state index contributed by atoms with van der Waals surface area (Å²) in [6.45, 7) is -0.191. The van der Waals surface area contributed by atoms with Crippen LogP contribution in [0.2, 0.25) is 0 Å². The van der Waals surface area contributed by atoms with Crippen LogP contribution < -0.4 is 10.6 Å². The normalized spacial score (nSPS) is 22.6. The van der Waals surface area contributed by atoms with E-state index in [1.807, 2.05) is 5.32 Å². The minimum absolute atomic E-state index is 0.0615. The lowest BCUT2D eigenvalue weighted by atomic mass is 9.98. The summed E-state index contributed by atoms with van der Waals surface area (Å²) in [6, 6.07) is 8.77. The van der Waals surface area contributed by atoms with Crippen LogP contribution in [0.3, 0.4) is 0 Å². The van der Waals surface area contributed by atoms with E-state index in [2.05, 4.69) is 5.32 Å². The van der Waals surface area contributed by atoms with Crippen molar-refractivity contribution in [2.45, 2.75) is 24.7 Å². The Bertz CT molecular complexity index is 456. The second kappa shape index (κ2) is 5.70. The summed E-state index contributed by atoms with van der Waals surface area (Å²) in [4.78, 5) is 11.6. The van der Waals surface area contributed by atoms with Crippen LogP contribution in [0.25, 0.3) is 0 Å². The Kier molecular flexibility index (Phi) is 4.17. The molecule has 1 saturated heterocycles. The fraction of sp³-hybridized carbons (Fsp3) is 0.462. The molecule has 110 valence electrons. The lowest BCUT2D eigenvalue weighted by Gasteiger charge is -2.31. The zero-order valence-electron chi connectivity index (χ0n) is 10.7. The molecule has 0 unspecified atom stereocenters. The third-order valence-electron chi connectivity index (χ3n) is 3.25. The van der Waals surface area contributed by atoms with Crippen LogP contribution in [0.4, 0.5) is 18.0 Å². The molecule has 20 heavy (non-hydrogen) atoms. The highest BCUT2D eigenvalue weighted by Crippen LogP contribution is 2.35. The fourth-order valence-corrected chi connectivity index (χ4v) is 2.07. The van der Waals surface area contributed by atoms with Gasteiger partial charge in [-0.3, -0.25) is 0 Å². The molecule has 1 aromatic rings. The predicted octanol–water partition coefficient (Wildman–Crippen LogP) is 2.21. The highest BCUT2D eigenvalue weighted by atomic mass is 19.4. The Labute approximate surface area is 114 Å². The topological polar surface area (TPSA) is 50.4 Å².